The average Bonchev–Trinajstić information content (AvgIpc) is 2.72. The van der Waals surface area contributed by atoms with Crippen LogP contribution in [0.5, 0.6) is 5.75 Å². The zero-order valence-corrected chi connectivity index (χ0v) is 10.8. The molecule has 0 radical (unpaired) electrons. The fraction of sp³-hybridized carbons (Fsp3) is 0.600. The maximum absolute atomic E-state index is 8.66. The second-order valence-electron chi connectivity index (χ2n) is 4.48. The second-order valence-corrected chi connectivity index (χ2v) is 4.48. The summed E-state index contributed by atoms with van der Waals surface area (Å²) in [7, 11) is 1.62. The molecule has 1 N–H and O–H groups in total. The molecule has 0 bridgehead atoms. The summed E-state index contributed by atoms with van der Waals surface area (Å²) >= 11 is 0. The molecule has 2 nitrogen and oxygen atoms in total. The minimum absolute atomic E-state index is 0.0873. The zero-order valence-electron chi connectivity index (χ0n) is 10.8. The SMILES string of the molecule is C1CCCCCC1.COc1ccc(CO)cc1. The molecule has 1 aromatic carbocycles. The van der Waals surface area contributed by atoms with Crippen molar-refractivity contribution in [3.63, 3.8) is 0 Å². The van der Waals surface area contributed by atoms with E-state index in [4.69, 9.17) is 9.84 Å². The number of hydrogen-bond donors (Lipinski definition) is 1. The van der Waals surface area contributed by atoms with Crippen molar-refractivity contribution in [3.05, 3.63) is 29.8 Å². The van der Waals surface area contributed by atoms with Crippen LogP contribution in [-0.2, 0) is 6.61 Å². The van der Waals surface area contributed by atoms with Gasteiger partial charge in [0.25, 0.3) is 0 Å². The summed E-state index contributed by atoms with van der Waals surface area (Å²) in [5.41, 5.74) is 0.904. The molecular formula is C15H24O2. The Morgan fingerprint density at radius 2 is 1.29 bits per heavy atom. The van der Waals surface area contributed by atoms with Gasteiger partial charge in [0.1, 0.15) is 5.75 Å². The Morgan fingerprint density at radius 1 is 0.882 bits per heavy atom. The molecule has 1 aromatic rings. The van der Waals surface area contributed by atoms with E-state index in [1.54, 1.807) is 7.11 Å². The first kappa shape index (κ1) is 14.0. The first-order valence-electron chi connectivity index (χ1n) is 6.60. The molecule has 1 aliphatic carbocycles. The molecule has 1 saturated carbocycles. The van der Waals surface area contributed by atoms with Gasteiger partial charge in [0.2, 0.25) is 0 Å². The third-order valence-electron chi connectivity index (χ3n) is 3.09. The number of aliphatic hydroxyl groups is 1. The van der Waals surface area contributed by atoms with E-state index < -0.39 is 0 Å². The predicted octanol–water partition coefficient (Wildman–Crippen LogP) is 3.92. The van der Waals surface area contributed by atoms with Crippen LogP contribution in [-0.4, -0.2) is 12.2 Å². The standard InChI is InChI=1S/C8H10O2.C7H14/c1-10-8-4-2-7(6-9)3-5-8;1-2-4-6-7-5-3-1/h2-5,9H,6H2,1H3;1-7H2. The van der Waals surface area contributed by atoms with Crippen molar-refractivity contribution in [1.82, 2.24) is 0 Å². The van der Waals surface area contributed by atoms with E-state index >= 15 is 0 Å². The largest absolute Gasteiger partial charge is 0.497 e. The van der Waals surface area contributed by atoms with E-state index in [0.29, 0.717) is 0 Å². The molecule has 2 rings (SSSR count). The van der Waals surface area contributed by atoms with Gasteiger partial charge in [-0.05, 0) is 17.7 Å². The van der Waals surface area contributed by atoms with Gasteiger partial charge in [0.05, 0.1) is 13.7 Å². The quantitative estimate of drug-likeness (QED) is 0.789. The molecule has 0 aliphatic heterocycles. The van der Waals surface area contributed by atoms with E-state index in [1.165, 1.54) is 44.9 Å². The lowest BCUT2D eigenvalue weighted by atomic mass is 10.2. The number of rotatable bonds is 2. The Kier molecular flexibility index (Phi) is 7.48. The van der Waals surface area contributed by atoms with Gasteiger partial charge in [-0.3, -0.25) is 0 Å². The van der Waals surface area contributed by atoms with Crippen LogP contribution >= 0.6 is 0 Å². The van der Waals surface area contributed by atoms with Gasteiger partial charge in [0.15, 0.2) is 0 Å². The fourth-order valence-corrected chi connectivity index (χ4v) is 1.97. The highest BCUT2D eigenvalue weighted by Crippen LogP contribution is 2.15. The van der Waals surface area contributed by atoms with E-state index in [9.17, 15) is 0 Å². The average molecular weight is 236 g/mol. The Hall–Kier alpha value is -1.02. The molecule has 0 heterocycles. The van der Waals surface area contributed by atoms with Crippen molar-refractivity contribution in [2.24, 2.45) is 0 Å². The molecule has 2 heteroatoms. The molecule has 1 aliphatic rings. The molecule has 0 atom stereocenters. The summed E-state index contributed by atoms with van der Waals surface area (Å²) in [6, 6.07) is 7.31. The Bertz CT molecular complexity index is 237. The van der Waals surface area contributed by atoms with Crippen LogP contribution in [0.2, 0.25) is 0 Å². The first-order chi connectivity index (χ1) is 8.36. The van der Waals surface area contributed by atoms with E-state index in [1.807, 2.05) is 24.3 Å². The van der Waals surface area contributed by atoms with Crippen molar-refractivity contribution in [3.8, 4) is 5.75 Å². The summed E-state index contributed by atoms with van der Waals surface area (Å²) in [5, 5.41) is 8.66. The van der Waals surface area contributed by atoms with Crippen molar-refractivity contribution in [2.75, 3.05) is 7.11 Å². The third-order valence-corrected chi connectivity index (χ3v) is 3.09. The lowest BCUT2D eigenvalue weighted by Crippen LogP contribution is -1.84. The lowest BCUT2D eigenvalue weighted by molar-refractivity contribution is 0.281. The molecule has 0 amide bonds. The molecule has 0 spiro atoms. The smallest absolute Gasteiger partial charge is 0.118 e. The number of hydrogen-bond acceptors (Lipinski definition) is 2. The van der Waals surface area contributed by atoms with Crippen molar-refractivity contribution >= 4 is 0 Å². The molecule has 96 valence electrons. The van der Waals surface area contributed by atoms with Gasteiger partial charge in [-0.25, -0.2) is 0 Å². The number of benzene rings is 1. The van der Waals surface area contributed by atoms with Crippen LogP contribution in [0.3, 0.4) is 0 Å². The monoisotopic (exact) mass is 236 g/mol. The fourth-order valence-electron chi connectivity index (χ4n) is 1.97. The van der Waals surface area contributed by atoms with E-state index in [0.717, 1.165) is 11.3 Å². The first-order valence-corrected chi connectivity index (χ1v) is 6.60. The van der Waals surface area contributed by atoms with Crippen molar-refractivity contribution < 1.29 is 9.84 Å². The van der Waals surface area contributed by atoms with E-state index in [-0.39, 0.29) is 6.61 Å². The molecule has 0 unspecified atom stereocenters. The van der Waals surface area contributed by atoms with Crippen LogP contribution in [0.15, 0.2) is 24.3 Å². The van der Waals surface area contributed by atoms with Gasteiger partial charge < -0.3 is 9.84 Å². The van der Waals surface area contributed by atoms with E-state index in [2.05, 4.69) is 0 Å². The van der Waals surface area contributed by atoms with Crippen LogP contribution < -0.4 is 4.74 Å². The summed E-state index contributed by atoms with van der Waals surface area (Å²) in [4.78, 5) is 0. The zero-order chi connectivity index (χ0) is 12.3. The minimum atomic E-state index is 0.0873. The topological polar surface area (TPSA) is 29.5 Å². The number of methoxy groups -OCH3 is 1. The van der Waals surface area contributed by atoms with Gasteiger partial charge >= 0.3 is 0 Å². The molecule has 1 fully saturated rings. The molecule has 0 saturated heterocycles. The van der Waals surface area contributed by atoms with Crippen LogP contribution in [0.1, 0.15) is 50.5 Å². The summed E-state index contributed by atoms with van der Waals surface area (Å²) in [6.45, 7) is 0.0873. The summed E-state index contributed by atoms with van der Waals surface area (Å²) in [5.74, 6) is 0.817. The lowest BCUT2D eigenvalue weighted by Gasteiger charge is -1.98. The highest BCUT2D eigenvalue weighted by atomic mass is 16.5. The summed E-state index contributed by atoms with van der Waals surface area (Å²) < 4.78 is 4.93. The highest BCUT2D eigenvalue weighted by molar-refractivity contribution is 5.26. The van der Waals surface area contributed by atoms with Crippen molar-refractivity contribution in [2.45, 2.75) is 51.6 Å². The van der Waals surface area contributed by atoms with Gasteiger partial charge in [-0.1, -0.05) is 57.1 Å². The third kappa shape index (κ3) is 6.32. The normalized spacial score (nSPS) is 15.4. The maximum atomic E-state index is 8.66. The molecular weight excluding hydrogens is 212 g/mol. The number of aliphatic hydroxyl groups excluding tert-OH is 1. The van der Waals surface area contributed by atoms with Crippen LogP contribution in [0.4, 0.5) is 0 Å². The predicted molar refractivity (Wildman–Crippen MR) is 71.2 cm³/mol. The Balaban J connectivity index is 0.000000181. The van der Waals surface area contributed by atoms with Crippen molar-refractivity contribution in [1.29, 1.82) is 0 Å². The highest BCUT2D eigenvalue weighted by Gasteiger charge is 1.95. The second kappa shape index (κ2) is 9.06. The van der Waals surface area contributed by atoms with Gasteiger partial charge in [0, 0.05) is 0 Å². The minimum Gasteiger partial charge on any atom is -0.497 e. The summed E-state index contributed by atoms with van der Waals surface area (Å²) in [6.07, 6.45) is 10.5. The number of ether oxygens (including phenoxy) is 1. The van der Waals surface area contributed by atoms with Crippen LogP contribution in [0.25, 0.3) is 0 Å². The Labute approximate surface area is 105 Å². The van der Waals surface area contributed by atoms with Gasteiger partial charge in [-0.2, -0.15) is 0 Å². The Morgan fingerprint density at radius 3 is 1.59 bits per heavy atom. The maximum Gasteiger partial charge on any atom is 0.118 e. The van der Waals surface area contributed by atoms with Crippen LogP contribution in [0, 0.1) is 0 Å². The van der Waals surface area contributed by atoms with Gasteiger partial charge in [-0.15, -0.1) is 0 Å². The molecule has 0 aromatic heterocycles. The molecule has 17 heavy (non-hydrogen) atoms.